The molecular formula is C18H21ClF2N4O. The Bertz CT molecular complexity index is 759. The quantitative estimate of drug-likeness (QED) is 0.862. The Hall–Kier alpha value is -1.99. The van der Waals surface area contributed by atoms with E-state index in [0.717, 1.165) is 24.8 Å². The number of halogens is 3. The first-order valence-corrected chi connectivity index (χ1v) is 8.94. The molecule has 1 aliphatic heterocycles. The van der Waals surface area contributed by atoms with Gasteiger partial charge in [0.25, 0.3) is 5.91 Å². The second kappa shape index (κ2) is 8.14. The van der Waals surface area contributed by atoms with Gasteiger partial charge in [0, 0.05) is 30.4 Å². The molecule has 26 heavy (non-hydrogen) atoms. The molecule has 0 saturated carbocycles. The van der Waals surface area contributed by atoms with Crippen LogP contribution in [0.3, 0.4) is 0 Å². The molecule has 2 N–H and O–H groups in total. The van der Waals surface area contributed by atoms with Gasteiger partial charge in [-0.25, -0.2) is 0 Å². The highest BCUT2D eigenvalue weighted by Gasteiger charge is 2.29. The molecule has 140 valence electrons. The molecule has 1 fully saturated rings. The van der Waals surface area contributed by atoms with E-state index in [1.807, 2.05) is 24.3 Å². The summed E-state index contributed by atoms with van der Waals surface area (Å²) >= 11 is 6.01. The molecule has 0 radical (unpaired) electrons. The Morgan fingerprint density at radius 2 is 2.04 bits per heavy atom. The zero-order valence-electron chi connectivity index (χ0n) is 14.2. The normalized spacial score (nSPS) is 16.9. The van der Waals surface area contributed by atoms with Crippen molar-refractivity contribution < 1.29 is 13.6 Å². The summed E-state index contributed by atoms with van der Waals surface area (Å²) < 4.78 is 26.2. The van der Waals surface area contributed by atoms with Crippen molar-refractivity contribution in [1.82, 2.24) is 14.7 Å². The third kappa shape index (κ3) is 4.22. The zero-order chi connectivity index (χ0) is 18.7. The average molecular weight is 383 g/mol. The van der Waals surface area contributed by atoms with E-state index in [1.54, 1.807) is 4.90 Å². The Kier molecular flexibility index (Phi) is 5.88. The number of carbonyl (C=O) groups is 1. The highest BCUT2D eigenvalue weighted by molar-refractivity contribution is 6.30. The van der Waals surface area contributed by atoms with E-state index in [-0.39, 0.29) is 17.7 Å². The second-order valence-electron chi connectivity index (χ2n) is 6.57. The van der Waals surface area contributed by atoms with Gasteiger partial charge in [0.2, 0.25) is 0 Å². The molecule has 1 saturated heterocycles. The van der Waals surface area contributed by atoms with Gasteiger partial charge in [0.05, 0.1) is 0 Å². The summed E-state index contributed by atoms with van der Waals surface area (Å²) in [5, 5.41) is 4.20. The van der Waals surface area contributed by atoms with Gasteiger partial charge in [-0.3, -0.25) is 4.79 Å². The third-order valence-electron chi connectivity index (χ3n) is 4.87. The lowest BCUT2D eigenvalue weighted by Crippen LogP contribution is -2.44. The summed E-state index contributed by atoms with van der Waals surface area (Å²) in [6, 6.07) is 8.92. The van der Waals surface area contributed by atoms with Crippen LogP contribution in [0.1, 0.15) is 35.4 Å². The van der Waals surface area contributed by atoms with Crippen LogP contribution in [0.2, 0.25) is 5.02 Å². The molecule has 0 aliphatic carbocycles. The Balaban J connectivity index is 1.56. The lowest BCUT2D eigenvalue weighted by molar-refractivity contribution is 0.0440. The summed E-state index contributed by atoms with van der Waals surface area (Å²) in [4.78, 5) is 14.1. The minimum atomic E-state index is -2.83. The molecular weight excluding hydrogens is 362 g/mol. The number of aromatic nitrogens is 2. The SMILES string of the molecule is NC(Cc1cccc(Cl)c1)C1CCN(C(=O)c2ccnn2C(F)F)CC1. The number of hydrogen-bond acceptors (Lipinski definition) is 3. The van der Waals surface area contributed by atoms with Gasteiger partial charge in [-0.2, -0.15) is 18.6 Å². The summed E-state index contributed by atoms with van der Waals surface area (Å²) in [6.07, 6.45) is 3.43. The van der Waals surface area contributed by atoms with E-state index in [0.29, 0.717) is 22.8 Å². The van der Waals surface area contributed by atoms with Crippen molar-refractivity contribution >= 4 is 17.5 Å². The van der Waals surface area contributed by atoms with Crippen LogP contribution in [0, 0.1) is 5.92 Å². The maximum absolute atomic E-state index is 12.9. The highest BCUT2D eigenvalue weighted by Crippen LogP contribution is 2.24. The van der Waals surface area contributed by atoms with Crippen LogP contribution in [0.25, 0.3) is 0 Å². The van der Waals surface area contributed by atoms with Gasteiger partial charge < -0.3 is 10.6 Å². The molecule has 2 heterocycles. The molecule has 0 bridgehead atoms. The summed E-state index contributed by atoms with van der Waals surface area (Å²) in [7, 11) is 0. The van der Waals surface area contributed by atoms with Crippen LogP contribution < -0.4 is 5.73 Å². The monoisotopic (exact) mass is 382 g/mol. The summed E-state index contributed by atoms with van der Waals surface area (Å²) in [5.74, 6) is -0.136. The number of nitrogens with zero attached hydrogens (tertiary/aromatic N) is 3. The maximum atomic E-state index is 12.9. The fourth-order valence-corrected chi connectivity index (χ4v) is 3.65. The van der Waals surface area contributed by atoms with Crippen molar-refractivity contribution in [3.63, 3.8) is 0 Å². The average Bonchev–Trinajstić information content (AvgIpc) is 3.11. The molecule has 3 rings (SSSR count). The van der Waals surface area contributed by atoms with Crippen LogP contribution in [0.4, 0.5) is 8.78 Å². The highest BCUT2D eigenvalue weighted by atomic mass is 35.5. The first-order valence-electron chi connectivity index (χ1n) is 8.56. The Morgan fingerprint density at radius 1 is 1.31 bits per heavy atom. The van der Waals surface area contributed by atoms with Crippen LogP contribution >= 0.6 is 11.6 Å². The number of piperidine rings is 1. The van der Waals surface area contributed by atoms with E-state index in [9.17, 15) is 13.6 Å². The maximum Gasteiger partial charge on any atom is 0.333 e. The van der Waals surface area contributed by atoms with Crippen molar-refractivity contribution in [3.05, 3.63) is 52.8 Å². The lowest BCUT2D eigenvalue weighted by Gasteiger charge is -2.34. The number of alkyl halides is 2. The number of nitrogens with two attached hydrogens (primary N) is 1. The molecule has 1 aromatic heterocycles. The molecule has 8 heteroatoms. The van der Waals surface area contributed by atoms with Crippen LogP contribution in [-0.2, 0) is 6.42 Å². The fraction of sp³-hybridized carbons (Fsp3) is 0.444. The molecule has 1 amide bonds. The predicted molar refractivity (Wildman–Crippen MR) is 95.2 cm³/mol. The molecule has 1 atom stereocenters. The smallest absolute Gasteiger partial charge is 0.333 e. The van der Waals surface area contributed by atoms with E-state index in [1.165, 1.54) is 12.3 Å². The minimum absolute atomic E-state index is 0.0303. The van der Waals surface area contributed by atoms with E-state index >= 15 is 0 Å². The van der Waals surface area contributed by atoms with Gasteiger partial charge in [-0.1, -0.05) is 23.7 Å². The number of benzene rings is 1. The van der Waals surface area contributed by atoms with Crippen molar-refractivity contribution in [1.29, 1.82) is 0 Å². The molecule has 1 aliphatic rings. The molecule has 1 aromatic carbocycles. The topological polar surface area (TPSA) is 64.2 Å². The van der Waals surface area contributed by atoms with E-state index < -0.39 is 12.5 Å². The number of rotatable bonds is 5. The van der Waals surface area contributed by atoms with Crippen molar-refractivity contribution in [3.8, 4) is 0 Å². The fourth-order valence-electron chi connectivity index (χ4n) is 3.43. The molecule has 0 spiro atoms. The van der Waals surface area contributed by atoms with Gasteiger partial charge >= 0.3 is 6.55 Å². The van der Waals surface area contributed by atoms with Crippen LogP contribution in [0.5, 0.6) is 0 Å². The Morgan fingerprint density at radius 3 is 2.69 bits per heavy atom. The lowest BCUT2D eigenvalue weighted by atomic mass is 9.86. The summed E-state index contributed by atoms with van der Waals surface area (Å²) in [5.41, 5.74) is 7.36. The molecule has 5 nitrogen and oxygen atoms in total. The third-order valence-corrected chi connectivity index (χ3v) is 5.10. The first kappa shape index (κ1) is 18.8. The Labute approximate surface area is 155 Å². The van der Waals surface area contributed by atoms with Crippen LogP contribution in [-0.4, -0.2) is 39.7 Å². The standard InChI is InChI=1S/C18H21ClF2N4O/c19-14-3-1-2-12(10-14)11-15(22)13-5-8-24(9-6-13)17(26)16-4-7-23-25(16)18(20)21/h1-4,7,10,13,15,18H,5-6,8-9,11,22H2. The van der Waals surface area contributed by atoms with Crippen molar-refractivity contribution in [2.75, 3.05) is 13.1 Å². The number of likely N-dealkylation sites (tertiary alicyclic amines) is 1. The van der Waals surface area contributed by atoms with E-state index in [2.05, 4.69) is 5.10 Å². The number of amides is 1. The van der Waals surface area contributed by atoms with Crippen molar-refractivity contribution in [2.24, 2.45) is 11.7 Å². The molecule has 2 aromatic rings. The van der Waals surface area contributed by atoms with E-state index in [4.69, 9.17) is 17.3 Å². The number of hydrogen-bond donors (Lipinski definition) is 1. The first-order chi connectivity index (χ1) is 12.5. The molecule has 1 unspecified atom stereocenters. The van der Waals surface area contributed by atoms with Crippen molar-refractivity contribution in [2.45, 2.75) is 31.9 Å². The number of carbonyl (C=O) groups excluding carboxylic acids is 1. The minimum Gasteiger partial charge on any atom is -0.337 e. The van der Waals surface area contributed by atoms with Crippen LogP contribution in [0.15, 0.2) is 36.5 Å². The zero-order valence-corrected chi connectivity index (χ0v) is 14.9. The van der Waals surface area contributed by atoms with Gasteiger partial charge in [-0.05, 0) is 48.9 Å². The summed E-state index contributed by atoms with van der Waals surface area (Å²) in [6.45, 7) is -1.82. The van der Waals surface area contributed by atoms with Gasteiger partial charge in [0.15, 0.2) is 0 Å². The predicted octanol–water partition coefficient (Wildman–Crippen LogP) is 3.35. The van der Waals surface area contributed by atoms with Gasteiger partial charge in [0.1, 0.15) is 5.69 Å². The second-order valence-corrected chi connectivity index (χ2v) is 7.00. The largest absolute Gasteiger partial charge is 0.337 e. The van der Waals surface area contributed by atoms with Gasteiger partial charge in [-0.15, -0.1) is 0 Å².